The van der Waals surface area contributed by atoms with E-state index in [-0.39, 0.29) is 5.91 Å². The number of pyridine rings is 2. The maximum atomic E-state index is 12.0. The fourth-order valence-electron chi connectivity index (χ4n) is 3.92. The fourth-order valence-corrected chi connectivity index (χ4v) is 3.92. The Kier molecular flexibility index (Phi) is 4.85. The Bertz CT molecular complexity index is 1170. The van der Waals surface area contributed by atoms with E-state index in [1.54, 1.807) is 0 Å². The second kappa shape index (κ2) is 7.95. The van der Waals surface area contributed by atoms with Gasteiger partial charge >= 0.3 is 0 Å². The third-order valence-electron chi connectivity index (χ3n) is 5.52. The quantitative estimate of drug-likeness (QED) is 0.489. The number of carbonyl (C=O) groups excluding carboxylic acids is 1. The Labute approximate surface area is 175 Å². The Hall–Kier alpha value is -3.73. The summed E-state index contributed by atoms with van der Waals surface area (Å²) >= 11 is 0. The summed E-state index contributed by atoms with van der Waals surface area (Å²) in [5.74, 6) is 0.211. The maximum absolute atomic E-state index is 12.0. The molecule has 1 saturated heterocycles. The van der Waals surface area contributed by atoms with Crippen LogP contribution in [0.2, 0.25) is 0 Å². The zero-order valence-corrected chi connectivity index (χ0v) is 16.6. The number of amides is 1. The molecule has 5 heteroatoms. The third kappa shape index (κ3) is 3.74. The van der Waals surface area contributed by atoms with Crippen molar-refractivity contribution < 1.29 is 4.79 Å². The number of anilines is 1. The molecule has 4 aromatic rings. The molecule has 0 saturated carbocycles. The standard InChI is InChI=1S/C25H22N4O/c30-25-2-1-12-29(25)24-5-3-20(4-6-24)22-14-23(16-27-15-22)21-9-13-28(18-21)17-19-7-10-26-11-8-19/h3-11,13-16,18H,1-2,12,17H2. The zero-order chi connectivity index (χ0) is 20.3. The summed E-state index contributed by atoms with van der Waals surface area (Å²) < 4.78 is 2.17. The van der Waals surface area contributed by atoms with Crippen LogP contribution < -0.4 is 4.90 Å². The number of aromatic nitrogens is 3. The van der Waals surface area contributed by atoms with Gasteiger partial charge in [-0.1, -0.05) is 12.1 Å². The Morgan fingerprint density at radius 1 is 0.833 bits per heavy atom. The van der Waals surface area contributed by atoms with Gasteiger partial charge in [0.2, 0.25) is 5.91 Å². The molecule has 5 nitrogen and oxygen atoms in total. The molecular weight excluding hydrogens is 372 g/mol. The van der Waals surface area contributed by atoms with Crippen LogP contribution in [0, 0.1) is 0 Å². The van der Waals surface area contributed by atoms with Crippen LogP contribution in [0.15, 0.2) is 85.7 Å². The molecule has 4 heterocycles. The lowest BCUT2D eigenvalue weighted by Crippen LogP contribution is -2.23. The normalized spacial score (nSPS) is 13.7. The van der Waals surface area contributed by atoms with Crippen LogP contribution in [0.3, 0.4) is 0 Å². The maximum Gasteiger partial charge on any atom is 0.227 e. The van der Waals surface area contributed by atoms with Crippen molar-refractivity contribution in [1.29, 1.82) is 0 Å². The molecular formula is C25H22N4O. The van der Waals surface area contributed by atoms with Gasteiger partial charge in [0.15, 0.2) is 0 Å². The van der Waals surface area contributed by atoms with E-state index in [2.05, 4.69) is 51.2 Å². The topological polar surface area (TPSA) is 51.0 Å². The smallest absolute Gasteiger partial charge is 0.227 e. The monoisotopic (exact) mass is 394 g/mol. The first kappa shape index (κ1) is 18.3. The molecule has 0 atom stereocenters. The first-order chi connectivity index (χ1) is 14.8. The van der Waals surface area contributed by atoms with E-state index in [1.165, 1.54) is 5.56 Å². The second-order valence-electron chi connectivity index (χ2n) is 7.59. The van der Waals surface area contributed by atoms with Gasteiger partial charge in [0.25, 0.3) is 0 Å². The van der Waals surface area contributed by atoms with Crippen molar-refractivity contribution in [2.75, 3.05) is 11.4 Å². The second-order valence-corrected chi connectivity index (χ2v) is 7.59. The van der Waals surface area contributed by atoms with Crippen molar-refractivity contribution in [3.63, 3.8) is 0 Å². The summed E-state index contributed by atoms with van der Waals surface area (Å²) in [6, 6.07) is 16.5. The predicted molar refractivity (Wildman–Crippen MR) is 118 cm³/mol. The molecule has 0 radical (unpaired) electrons. The number of carbonyl (C=O) groups is 1. The molecule has 1 aromatic carbocycles. The molecule has 1 amide bonds. The predicted octanol–water partition coefficient (Wildman–Crippen LogP) is 4.79. The molecule has 1 aliphatic rings. The van der Waals surface area contributed by atoms with Gasteiger partial charge in [0, 0.05) is 79.1 Å². The van der Waals surface area contributed by atoms with Crippen molar-refractivity contribution in [2.45, 2.75) is 19.4 Å². The lowest BCUT2D eigenvalue weighted by atomic mass is 10.0. The minimum absolute atomic E-state index is 0.211. The highest BCUT2D eigenvalue weighted by Gasteiger charge is 2.21. The van der Waals surface area contributed by atoms with E-state index in [9.17, 15) is 4.79 Å². The summed E-state index contributed by atoms with van der Waals surface area (Å²) in [5, 5.41) is 0. The first-order valence-electron chi connectivity index (χ1n) is 10.2. The Morgan fingerprint density at radius 2 is 1.60 bits per heavy atom. The highest BCUT2D eigenvalue weighted by Crippen LogP contribution is 2.28. The van der Waals surface area contributed by atoms with Crippen LogP contribution in [-0.4, -0.2) is 27.0 Å². The van der Waals surface area contributed by atoms with Crippen molar-refractivity contribution in [3.8, 4) is 22.3 Å². The van der Waals surface area contributed by atoms with Crippen molar-refractivity contribution in [2.24, 2.45) is 0 Å². The SMILES string of the molecule is O=C1CCCN1c1ccc(-c2cncc(-c3ccn(Cc4ccncc4)c3)c2)cc1. The number of benzene rings is 1. The summed E-state index contributed by atoms with van der Waals surface area (Å²) in [4.78, 5) is 22.4. The van der Waals surface area contributed by atoms with Gasteiger partial charge < -0.3 is 9.47 Å². The van der Waals surface area contributed by atoms with Gasteiger partial charge in [-0.3, -0.25) is 14.8 Å². The van der Waals surface area contributed by atoms with Gasteiger partial charge in [-0.05, 0) is 53.9 Å². The van der Waals surface area contributed by atoms with Gasteiger partial charge in [0.1, 0.15) is 0 Å². The number of hydrogen-bond acceptors (Lipinski definition) is 3. The number of nitrogens with zero attached hydrogens (tertiary/aromatic N) is 4. The van der Waals surface area contributed by atoms with E-state index in [0.29, 0.717) is 6.42 Å². The van der Waals surface area contributed by atoms with E-state index < -0.39 is 0 Å². The zero-order valence-electron chi connectivity index (χ0n) is 16.6. The largest absolute Gasteiger partial charge is 0.349 e. The van der Waals surface area contributed by atoms with Gasteiger partial charge in [-0.25, -0.2) is 0 Å². The van der Waals surface area contributed by atoms with Crippen LogP contribution in [0.5, 0.6) is 0 Å². The molecule has 5 rings (SSSR count). The highest BCUT2D eigenvalue weighted by molar-refractivity contribution is 5.95. The lowest BCUT2D eigenvalue weighted by molar-refractivity contribution is -0.117. The van der Waals surface area contributed by atoms with E-state index in [0.717, 1.165) is 47.5 Å². The van der Waals surface area contributed by atoms with Crippen molar-refractivity contribution in [3.05, 3.63) is 91.3 Å². The molecule has 0 bridgehead atoms. The van der Waals surface area contributed by atoms with E-state index in [1.807, 2.05) is 54.0 Å². The lowest BCUT2D eigenvalue weighted by Gasteiger charge is -2.16. The molecule has 0 N–H and O–H groups in total. The fraction of sp³-hybridized carbons (Fsp3) is 0.160. The minimum atomic E-state index is 0.211. The molecule has 0 aliphatic carbocycles. The van der Waals surface area contributed by atoms with E-state index >= 15 is 0 Å². The van der Waals surface area contributed by atoms with Gasteiger partial charge in [-0.15, -0.1) is 0 Å². The molecule has 148 valence electrons. The van der Waals surface area contributed by atoms with Crippen LogP contribution in [0.1, 0.15) is 18.4 Å². The molecule has 0 spiro atoms. The summed E-state index contributed by atoms with van der Waals surface area (Å²) in [6.45, 7) is 1.62. The van der Waals surface area contributed by atoms with Gasteiger partial charge in [0.05, 0.1) is 0 Å². The van der Waals surface area contributed by atoms with Gasteiger partial charge in [-0.2, -0.15) is 0 Å². The Morgan fingerprint density at radius 3 is 2.33 bits per heavy atom. The number of hydrogen-bond donors (Lipinski definition) is 0. The third-order valence-corrected chi connectivity index (χ3v) is 5.52. The summed E-state index contributed by atoms with van der Waals surface area (Å²) in [7, 11) is 0. The summed E-state index contributed by atoms with van der Waals surface area (Å²) in [6.07, 6.45) is 13.2. The van der Waals surface area contributed by atoms with Crippen LogP contribution >= 0.6 is 0 Å². The van der Waals surface area contributed by atoms with Crippen LogP contribution in [0.4, 0.5) is 5.69 Å². The van der Waals surface area contributed by atoms with Crippen molar-refractivity contribution in [1.82, 2.24) is 14.5 Å². The highest BCUT2D eigenvalue weighted by atomic mass is 16.2. The summed E-state index contributed by atoms with van der Waals surface area (Å²) in [5.41, 5.74) is 6.57. The first-order valence-corrected chi connectivity index (χ1v) is 10.2. The molecule has 30 heavy (non-hydrogen) atoms. The van der Waals surface area contributed by atoms with E-state index in [4.69, 9.17) is 0 Å². The molecule has 1 fully saturated rings. The van der Waals surface area contributed by atoms with Crippen LogP contribution in [-0.2, 0) is 11.3 Å². The molecule has 0 unspecified atom stereocenters. The Balaban J connectivity index is 1.36. The average molecular weight is 394 g/mol. The minimum Gasteiger partial charge on any atom is -0.349 e. The van der Waals surface area contributed by atoms with Crippen LogP contribution in [0.25, 0.3) is 22.3 Å². The molecule has 3 aromatic heterocycles. The number of rotatable bonds is 5. The van der Waals surface area contributed by atoms with Crippen molar-refractivity contribution >= 4 is 11.6 Å². The average Bonchev–Trinajstić information content (AvgIpc) is 3.44. The molecule has 1 aliphatic heterocycles.